The summed E-state index contributed by atoms with van der Waals surface area (Å²) in [6.45, 7) is 4.96. The minimum atomic E-state index is 0.0659. The molecule has 0 amide bonds. The van der Waals surface area contributed by atoms with Crippen LogP contribution in [0.1, 0.15) is 30.1 Å². The molecule has 1 atom stereocenters. The minimum absolute atomic E-state index is 0.0659. The second kappa shape index (κ2) is 4.53. The van der Waals surface area contributed by atoms with E-state index in [4.69, 9.17) is 4.42 Å². The molecule has 4 nitrogen and oxygen atoms in total. The van der Waals surface area contributed by atoms with E-state index in [1.165, 1.54) is 0 Å². The van der Waals surface area contributed by atoms with E-state index in [0.717, 1.165) is 23.7 Å². The fourth-order valence-electron chi connectivity index (χ4n) is 1.94. The van der Waals surface area contributed by atoms with Crippen LogP contribution in [0.4, 0.5) is 0 Å². The molecule has 0 radical (unpaired) electrons. The van der Waals surface area contributed by atoms with Crippen LogP contribution in [0.5, 0.6) is 0 Å². The zero-order chi connectivity index (χ0) is 11.5. The molecule has 4 heteroatoms. The third kappa shape index (κ3) is 1.88. The van der Waals surface area contributed by atoms with Gasteiger partial charge in [-0.15, -0.1) is 0 Å². The highest BCUT2D eigenvalue weighted by atomic mass is 16.3. The van der Waals surface area contributed by atoms with Gasteiger partial charge in [-0.3, -0.25) is 4.68 Å². The van der Waals surface area contributed by atoms with E-state index in [-0.39, 0.29) is 6.04 Å². The molecule has 2 heterocycles. The first-order valence-corrected chi connectivity index (χ1v) is 5.51. The van der Waals surface area contributed by atoms with Gasteiger partial charge in [-0.2, -0.15) is 5.10 Å². The summed E-state index contributed by atoms with van der Waals surface area (Å²) in [6.07, 6.45) is 1.69. The predicted octanol–water partition coefficient (Wildman–Crippen LogP) is 2.11. The lowest BCUT2D eigenvalue weighted by atomic mass is 10.1. The maximum atomic E-state index is 5.45. The average molecular weight is 219 g/mol. The van der Waals surface area contributed by atoms with Crippen molar-refractivity contribution in [3.8, 4) is 0 Å². The van der Waals surface area contributed by atoms with Crippen LogP contribution in [-0.4, -0.2) is 16.8 Å². The van der Waals surface area contributed by atoms with Crippen molar-refractivity contribution in [2.75, 3.05) is 7.05 Å². The number of hydrogen-bond donors (Lipinski definition) is 1. The summed E-state index contributed by atoms with van der Waals surface area (Å²) < 4.78 is 7.45. The Labute approximate surface area is 95.3 Å². The highest BCUT2D eigenvalue weighted by Crippen LogP contribution is 2.22. The zero-order valence-electron chi connectivity index (χ0n) is 9.90. The van der Waals surface area contributed by atoms with Crippen LogP contribution in [0, 0.1) is 6.92 Å². The first-order valence-electron chi connectivity index (χ1n) is 5.51. The number of furan rings is 1. The lowest BCUT2D eigenvalue weighted by Crippen LogP contribution is -2.20. The largest absolute Gasteiger partial charge is 0.467 e. The lowest BCUT2D eigenvalue weighted by molar-refractivity contribution is 0.443. The molecule has 2 aromatic rings. The van der Waals surface area contributed by atoms with Crippen LogP contribution < -0.4 is 5.32 Å². The smallest absolute Gasteiger partial charge is 0.126 e. The van der Waals surface area contributed by atoms with Gasteiger partial charge in [0.2, 0.25) is 0 Å². The van der Waals surface area contributed by atoms with E-state index < -0.39 is 0 Å². The summed E-state index contributed by atoms with van der Waals surface area (Å²) in [5.41, 5.74) is 2.17. The molecule has 2 rings (SSSR count). The normalized spacial score (nSPS) is 12.9. The molecule has 0 aliphatic heterocycles. The highest BCUT2D eigenvalue weighted by molar-refractivity contribution is 5.22. The Morgan fingerprint density at radius 2 is 2.38 bits per heavy atom. The number of nitrogens with one attached hydrogen (secondary N) is 1. The summed E-state index contributed by atoms with van der Waals surface area (Å²) in [5, 5.41) is 7.70. The van der Waals surface area contributed by atoms with E-state index in [9.17, 15) is 0 Å². The lowest BCUT2D eigenvalue weighted by Gasteiger charge is -2.14. The molecule has 0 aliphatic rings. The van der Waals surface area contributed by atoms with Gasteiger partial charge >= 0.3 is 0 Å². The Hall–Kier alpha value is -1.55. The summed E-state index contributed by atoms with van der Waals surface area (Å²) in [6, 6.07) is 6.03. The van der Waals surface area contributed by atoms with Crippen molar-refractivity contribution in [2.24, 2.45) is 0 Å². The molecule has 0 bridgehead atoms. The SMILES string of the molecule is CCn1nc(C)cc1C(NC)c1ccco1. The van der Waals surface area contributed by atoms with Gasteiger partial charge < -0.3 is 9.73 Å². The molecule has 0 aliphatic carbocycles. The maximum Gasteiger partial charge on any atom is 0.126 e. The molecule has 16 heavy (non-hydrogen) atoms. The van der Waals surface area contributed by atoms with Crippen LogP contribution in [0.15, 0.2) is 28.9 Å². The van der Waals surface area contributed by atoms with Crippen molar-refractivity contribution < 1.29 is 4.42 Å². The minimum Gasteiger partial charge on any atom is -0.467 e. The van der Waals surface area contributed by atoms with Crippen molar-refractivity contribution in [2.45, 2.75) is 26.4 Å². The van der Waals surface area contributed by atoms with Crippen molar-refractivity contribution >= 4 is 0 Å². The molecule has 1 unspecified atom stereocenters. The Morgan fingerprint density at radius 1 is 1.56 bits per heavy atom. The third-order valence-corrected chi connectivity index (χ3v) is 2.64. The van der Waals surface area contributed by atoms with Crippen LogP contribution in [-0.2, 0) is 6.54 Å². The molecule has 0 saturated carbocycles. The molecule has 0 aromatic carbocycles. The molecule has 2 aromatic heterocycles. The van der Waals surface area contributed by atoms with Crippen LogP contribution >= 0.6 is 0 Å². The van der Waals surface area contributed by atoms with E-state index >= 15 is 0 Å². The van der Waals surface area contributed by atoms with Gasteiger partial charge in [0.1, 0.15) is 11.8 Å². The van der Waals surface area contributed by atoms with E-state index in [0.29, 0.717) is 0 Å². The molecule has 0 spiro atoms. The standard InChI is InChI=1S/C12H17N3O/c1-4-15-10(8-9(2)14-15)12(13-3)11-6-5-7-16-11/h5-8,12-13H,4H2,1-3H3. The van der Waals surface area contributed by atoms with Crippen molar-refractivity contribution in [1.82, 2.24) is 15.1 Å². The average Bonchev–Trinajstić information content (AvgIpc) is 2.89. The van der Waals surface area contributed by atoms with E-state index in [1.807, 2.05) is 30.8 Å². The second-order valence-electron chi connectivity index (χ2n) is 3.76. The molecule has 0 saturated heterocycles. The van der Waals surface area contributed by atoms with Gasteiger partial charge in [-0.1, -0.05) is 0 Å². The van der Waals surface area contributed by atoms with Gasteiger partial charge in [0.25, 0.3) is 0 Å². The van der Waals surface area contributed by atoms with Crippen LogP contribution in [0.2, 0.25) is 0 Å². The number of aryl methyl sites for hydroxylation is 2. The van der Waals surface area contributed by atoms with Gasteiger partial charge in [-0.05, 0) is 39.1 Å². The van der Waals surface area contributed by atoms with Crippen LogP contribution in [0.3, 0.4) is 0 Å². The summed E-state index contributed by atoms with van der Waals surface area (Å²) >= 11 is 0. The van der Waals surface area contributed by atoms with E-state index in [1.54, 1.807) is 6.26 Å². The van der Waals surface area contributed by atoms with Crippen LogP contribution in [0.25, 0.3) is 0 Å². The highest BCUT2D eigenvalue weighted by Gasteiger charge is 2.19. The third-order valence-electron chi connectivity index (χ3n) is 2.64. The van der Waals surface area contributed by atoms with Crippen molar-refractivity contribution in [1.29, 1.82) is 0 Å². The van der Waals surface area contributed by atoms with Gasteiger partial charge in [0.15, 0.2) is 0 Å². The summed E-state index contributed by atoms with van der Waals surface area (Å²) in [4.78, 5) is 0. The molecular weight excluding hydrogens is 202 g/mol. The maximum absolute atomic E-state index is 5.45. The first kappa shape index (κ1) is 11.0. The fraction of sp³-hybridized carbons (Fsp3) is 0.417. The predicted molar refractivity (Wildman–Crippen MR) is 62.2 cm³/mol. The van der Waals surface area contributed by atoms with Gasteiger partial charge in [-0.25, -0.2) is 0 Å². The first-order chi connectivity index (χ1) is 7.76. The number of aromatic nitrogens is 2. The zero-order valence-corrected chi connectivity index (χ0v) is 9.90. The number of rotatable bonds is 4. The quantitative estimate of drug-likeness (QED) is 0.856. The van der Waals surface area contributed by atoms with Crippen molar-refractivity contribution in [3.05, 3.63) is 41.6 Å². The Balaban J connectivity index is 2.40. The van der Waals surface area contributed by atoms with E-state index in [2.05, 4.69) is 23.4 Å². The topological polar surface area (TPSA) is 43.0 Å². The van der Waals surface area contributed by atoms with Gasteiger partial charge in [0, 0.05) is 6.54 Å². The van der Waals surface area contributed by atoms with Crippen molar-refractivity contribution in [3.63, 3.8) is 0 Å². The Kier molecular flexibility index (Phi) is 3.10. The Bertz CT molecular complexity index is 445. The molecule has 1 N–H and O–H groups in total. The summed E-state index contributed by atoms with van der Waals surface area (Å²) in [7, 11) is 1.93. The molecular formula is C12H17N3O. The van der Waals surface area contributed by atoms with Gasteiger partial charge in [0.05, 0.1) is 17.7 Å². The number of nitrogens with zero attached hydrogens (tertiary/aromatic N) is 2. The summed E-state index contributed by atoms with van der Waals surface area (Å²) in [5.74, 6) is 0.914. The second-order valence-corrected chi connectivity index (χ2v) is 3.76. The Morgan fingerprint density at radius 3 is 2.94 bits per heavy atom. The molecule has 86 valence electrons. The number of hydrogen-bond acceptors (Lipinski definition) is 3. The molecule has 0 fully saturated rings. The monoisotopic (exact) mass is 219 g/mol. The fourth-order valence-corrected chi connectivity index (χ4v) is 1.94.